The highest BCUT2D eigenvalue weighted by Gasteiger charge is 2.44. The topological polar surface area (TPSA) is 38.3 Å². The van der Waals surface area contributed by atoms with E-state index in [0.29, 0.717) is 5.92 Å². The fraction of sp³-hybridized carbons (Fsp3) is 0.909. The van der Waals surface area contributed by atoms with Crippen LogP contribution in [0.4, 0.5) is 0 Å². The molecule has 0 radical (unpaired) electrons. The van der Waals surface area contributed by atoms with Crippen LogP contribution >= 0.6 is 0 Å². The van der Waals surface area contributed by atoms with Gasteiger partial charge < -0.3 is 10.1 Å². The molecule has 0 aromatic rings. The molecule has 3 nitrogen and oxygen atoms in total. The molecule has 3 aliphatic carbocycles. The number of likely N-dealkylation sites (N-methyl/N-ethyl adjacent to an activating group) is 1. The van der Waals surface area contributed by atoms with Gasteiger partial charge in [-0.15, -0.1) is 0 Å². The fourth-order valence-corrected chi connectivity index (χ4v) is 3.11. The lowest BCUT2D eigenvalue weighted by atomic mass is 9.58. The van der Waals surface area contributed by atoms with Crippen LogP contribution in [0.15, 0.2) is 0 Å². The number of hydrogen-bond acceptors (Lipinski definition) is 3. The molecule has 3 heteroatoms. The molecule has 2 unspecified atom stereocenters. The molecule has 1 N–H and O–H groups in total. The van der Waals surface area contributed by atoms with E-state index < -0.39 is 0 Å². The monoisotopic (exact) mass is 197 g/mol. The molecule has 3 rings (SSSR count). The molecule has 0 saturated heterocycles. The number of esters is 1. The van der Waals surface area contributed by atoms with Gasteiger partial charge >= 0.3 is 5.97 Å². The van der Waals surface area contributed by atoms with Crippen molar-refractivity contribution in [2.75, 3.05) is 14.2 Å². The van der Waals surface area contributed by atoms with Gasteiger partial charge in [-0.1, -0.05) is 6.42 Å². The van der Waals surface area contributed by atoms with E-state index in [2.05, 4.69) is 5.32 Å². The van der Waals surface area contributed by atoms with Gasteiger partial charge in [-0.3, -0.25) is 4.79 Å². The van der Waals surface area contributed by atoms with Crippen molar-refractivity contribution >= 4 is 5.97 Å². The van der Waals surface area contributed by atoms with Crippen LogP contribution in [0.1, 0.15) is 25.7 Å². The second-order valence-corrected chi connectivity index (χ2v) is 4.63. The predicted octanol–water partition coefficient (Wildman–Crippen LogP) is 1.18. The summed E-state index contributed by atoms with van der Waals surface area (Å²) in [4.78, 5) is 11.5. The first kappa shape index (κ1) is 9.97. The Morgan fingerprint density at radius 3 is 2.57 bits per heavy atom. The Balaban J connectivity index is 1.99. The highest BCUT2D eigenvalue weighted by atomic mass is 16.5. The van der Waals surface area contributed by atoms with Gasteiger partial charge in [0, 0.05) is 0 Å². The summed E-state index contributed by atoms with van der Waals surface area (Å²) in [7, 11) is 3.32. The summed E-state index contributed by atoms with van der Waals surface area (Å²) in [5.41, 5.74) is 0. The van der Waals surface area contributed by atoms with Gasteiger partial charge in [0.15, 0.2) is 0 Å². The van der Waals surface area contributed by atoms with Crippen LogP contribution in [-0.2, 0) is 9.53 Å². The van der Waals surface area contributed by atoms with Gasteiger partial charge in [-0.2, -0.15) is 0 Å². The Morgan fingerprint density at radius 1 is 1.43 bits per heavy atom. The van der Waals surface area contributed by atoms with Crippen molar-refractivity contribution in [1.82, 2.24) is 5.32 Å². The highest BCUT2D eigenvalue weighted by Crippen LogP contribution is 2.50. The minimum atomic E-state index is -0.0946. The van der Waals surface area contributed by atoms with Crippen LogP contribution in [0.3, 0.4) is 0 Å². The van der Waals surface area contributed by atoms with E-state index in [4.69, 9.17) is 4.74 Å². The summed E-state index contributed by atoms with van der Waals surface area (Å²) in [6, 6.07) is -0.0775. The van der Waals surface area contributed by atoms with Gasteiger partial charge in [0.05, 0.1) is 7.11 Å². The number of rotatable bonds is 3. The van der Waals surface area contributed by atoms with E-state index in [1.807, 2.05) is 7.05 Å². The van der Waals surface area contributed by atoms with Crippen LogP contribution < -0.4 is 5.32 Å². The Kier molecular flexibility index (Phi) is 2.77. The van der Waals surface area contributed by atoms with Gasteiger partial charge in [0.2, 0.25) is 0 Å². The molecule has 0 aromatic heterocycles. The van der Waals surface area contributed by atoms with Gasteiger partial charge in [0.25, 0.3) is 0 Å². The van der Waals surface area contributed by atoms with Gasteiger partial charge in [0.1, 0.15) is 6.04 Å². The molecule has 2 bridgehead atoms. The van der Waals surface area contributed by atoms with Crippen LogP contribution in [0, 0.1) is 17.8 Å². The Hall–Kier alpha value is -0.570. The van der Waals surface area contributed by atoms with Crippen molar-refractivity contribution in [2.45, 2.75) is 31.7 Å². The zero-order valence-corrected chi connectivity index (χ0v) is 8.95. The number of hydrogen-bond donors (Lipinski definition) is 1. The lowest BCUT2D eigenvalue weighted by Crippen LogP contribution is -2.50. The van der Waals surface area contributed by atoms with E-state index in [-0.39, 0.29) is 12.0 Å². The molecule has 14 heavy (non-hydrogen) atoms. The summed E-state index contributed by atoms with van der Waals surface area (Å²) in [6.45, 7) is 0. The first-order chi connectivity index (χ1) is 6.76. The summed E-state index contributed by atoms with van der Waals surface area (Å²) in [6.07, 6.45) is 5.16. The highest BCUT2D eigenvalue weighted by molar-refractivity contribution is 5.76. The maximum atomic E-state index is 11.5. The molecule has 3 fully saturated rings. The van der Waals surface area contributed by atoms with Crippen molar-refractivity contribution in [3.63, 3.8) is 0 Å². The molecular weight excluding hydrogens is 178 g/mol. The predicted molar refractivity (Wildman–Crippen MR) is 53.8 cm³/mol. The van der Waals surface area contributed by atoms with Crippen molar-refractivity contribution in [2.24, 2.45) is 17.8 Å². The maximum Gasteiger partial charge on any atom is 0.323 e. The Labute approximate surface area is 85.2 Å². The molecule has 0 aliphatic heterocycles. The van der Waals surface area contributed by atoms with E-state index in [1.165, 1.54) is 32.8 Å². The van der Waals surface area contributed by atoms with Crippen molar-refractivity contribution in [1.29, 1.82) is 0 Å². The van der Waals surface area contributed by atoms with Crippen LogP contribution in [0.5, 0.6) is 0 Å². The zero-order valence-electron chi connectivity index (χ0n) is 8.95. The third-order valence-corrected chi connectivity index (χ3v) is 3.98. The number of carbonyl (C=O) groups excluding carboxylic acids is 1. The van der Waals surface area contributed by atoms with E-state index in [1.54, 1.807) is 0 Å². The minimum Gasteiger partial charge on any atom is -0.468 e. The third-order valence-electron chi connectivity index (χ3n) is 3.98. The molecule has 3 saturated carbocycles. The number of nitrogens with one attached hydrogen (secondary N) is 1. The molecule has 0 heterocycles. The fourth-order valence-electron chi connectivity index (χ4n) is 3.11. The SMILES string of the molecule is CNC(C(=O)OC)C1CCC2CC1C2. The standard InChI is InChI=1S/C11H19NO2/c1-12-10(11(13)14-2)9-4-3-7-5-8(9)6-7/h7-10,12H,3-6H2,1-2H3. The molecule has 2 atom stereocenters. The first-order valence-corrected chi connectivity index (χ1v) is 5.51. The summed E-state index contributed by atoms with van der Waals surface area (Å²) >= 11 is 0. The average Bonchev–Trinajstić information content (AvgIpc) is 2.18. The molecule has 0 aromatic carbocycles. The average molecular weight is 197 g/mol. The lowest BCUT2D eigenvalue weighted by molar-refractivity contribution is -0.147. The summed E-state index contributed by atoms with van der Waals surface area (Å²) in [5, 5.41) is 3.10. The molecule has 0 spiro atoms. The molecular formula is C11H19NO2. The van der Waals surface area contributed by atoms with E-state index >= 15 is 0 Å². The van der Waals surface area contributed by atoms with E-state index in [9.17, 15) is 4.79 Å². The lowest BCUT2D eigenvalue weighted by Gasteiger charge is -2.48. The summed E-state index contributed by atoms with van der Waals surface area (Å²) < 4.78 is 4.82. The normalized spacial score (nSPS) is 37.1. The zero-order chi connectivity index (χ0) is 10.1. The van der Waals surface area contributed by atoms with Crippen LogP contribution in [0.25, 0.3) is 0 Å². The maximum absolute atomic E-state index is 11.5. The second-order valence-electron chi connectivity index (χ2n) is 4.63. The Morgan fingerprint density at radius 2 is 2.14 bits per heavy atom. The first-order valence-electron chi connectivity index (χ1n) is 5.51. The number of methoxy groups -OCH3 is 1. The van der Waals surface area contributed by atoms with Crippen molar-refractivity contribution in [3.8, 4) is 0 Å². The van der Waals surface area contributed by atoms with Crippen molar-refractivity contribution in [3.05, 3.63) is 0 Å². The summed E-state index contributed by atoms with van der Waals surface area (Å²) in [5.74, 6) is 2.15. The van der Waals surface area contributed by atoms with Crippen LogP contribution in [-0.4, -0.2) is 26.2 Å². The van der Waals surface area contributed by atoms with Gasteiger partial charge in [-0.25, -0.2) is 0 Å². The smallest absolute Gasteiger partial charge is 0.323 e. The largest absolute Gasteiger partial charge is 0.468 e. The number of carbonyl (C=O) groups is 1. The minimum absolute atomic E-state index is 0.0775. The second kappa shape index (κ2) is 3.89. The number of ether oxygens (including phenoxy) is 1. The molecule has 0 amide bonds. The van der Waals surface area contributed by atoms with Gasteiger partial charge in [-0.05, 0) is 44.1 Å². The van der Waals surface area contributed by atoms with E-state index in [0.717, 1.165) is 11.8 Å². The van der Waals surface area contributed by atoms with Crippen LogP contribution in [0.2, 0.25) is 0 Å². The molecule has 80 valence electrons. The number of fused-ring (bicyclic) bond motifs is 2. The van der Waals surface area contributed by atoms with Crippen molar-refractivity contribution < 1.29 is 9.53 Å². The molecule has 3 aliphatic rings. The quantitative estimate of drug-likeness (QED) is 0.690. The Bertz CT molecular complexity index is 221. The third kappa shape index (κ3) is 1.54.